The highest BCUT2D eigenvalue weighted by Gasteiger charge is 2.45. The second kappa shape index (κ2) is 13.2. The van der Waals surface area contributed by atoms with Crippen LogP contribution in [0.3, 0.4) is 0 Å². The first-order valence-corrected chi connectivity index (χ1v) is 17.0. The third kappa shape index (κ3) is 7.45. The summed E-state index contributed by atoms with van der Waals surface area (Å²) in [4.78, 5) is 41.6. The lowest BCUT2D eigenvalue weighted by Gasteiger charge is -2.42. The van der Waals surface area contributed by atoms with Gasteiger partial charge in [-0.1, -0.05) is 0 Å². The van der Waals surface area contributed by atoms with Gasteiger partial charge in [-0.15, -0.1) is 11.3 Å². The average Bonchev–Trinajstić information content (AvgIpc) is 3.52. The van der Waals surface area contributed by atoms with Crippen molar-refractivity contribution in [1.29, 1.82) is 5.26 Å². The number of nitrogens with one attached hydrogen (secondary N) is 1. The van der Waals surface area contributed by atoms with Crippen molar-refractivity contribution in [1.82, 2.24) is 19.9 Å². The Morgan fingerprint density at radius 3 is 2.27 bits per heavy atom. The SMILES string of the molecule is CC(C)(C)OC(=O)Nc1sc2c(F)ccc(-c3ncc4c(N5C[C@H]6CC[C@@H](C5)N6C(=O)OC(C)(C)C)nc(OCC(F)(F)F)nc4c3F)c2c1C#N. The number of amides is 2. The minimum atomic E-state index is -4.75. The Hall–Kier alpha value is -5.05. The molecule has 5 heterocycles. The number of ether oxygens (including phenoxy) is 3. The number of hydrogen-bond acceptors (Lipinski definition) is 11. The molecule has 1 N–H and O–H groups in total. The van der Waals surface area contributed by atoms with Gasteiger partial charge >= 0.3 is 24.4 Å². The van der Waals surface area contributed by atoms with Gasteiger partial charge in [-0.25, -0.2) is 18.4 Å². The number of pyridine rings is 1. The van der Waals surface area contributed by atoms with E-state index in [0.717, 1.165) is 17.4 Å². The molecule has 4 aromatic rings. The molecule has 276 valence electrons. The number of carbonyl (C=O) groups excluding carboxylic acids is 2. The van der Waals surface area contributed by atoms with Crippen LogP contribution in [0.5, 0.6) is 6.01 Å². The molecular formula is C34H34F5N7O5S. The highest BCUT2D eigenvalue weighted by atomic mass is 32.1. The molecule has 0 aliphatic carbocycles. The summed E-state index contributed by atoms with van der Waals surface area (Å²) in [5.41, 5.74) is -2.66. The molecule has 0 radical (unpaired) electrons. The lowest BCUT2D eigenvalue weighted by molar-refractivity contribution is -0.154. The molecule has 0 saturated carbocycles. The van der Waals surface area contributed by atoms with E-state index in [0.29, 0.717) is 12.8 Å². The maximum Gasteiger partial charge on any atom is 0.422 e. The lowest BCUT2D eigenvalue weighted by atomic mass is 10.0. The highest BCUT2D eigenvalue weighted by molar-refractivity contribution is 7.23. The van der Waals surface area contributed by atoms with Crippen LogP contribution in [0.25, 0.3) is 32.2 Å². The van der Waals surface area contributed by atoms with Crippen molar-refractivity contribution >= 4 is 55.3 Å². The monoisotopic (exact) mass is 747 g/mol. The molecule has 2 fully saturated rings. The van der Waals surface area contributed by atoms with Crippen LogP contribution in [0.1, 0.15) is 59.9 Å². The zero-order valence-electron chi connectivity index (χ0n) is 28.9. The summed E-state index contributed by atoms with van der Waals surface area (Å²) in [7, 11) is 0. The first-order valence-electron chi connectivity index (χ1n) is 16.2. The van der Waals surface area contributed by atoms with Gasteiger partial charge in [-0.3, -0.25) is 15.2 Å². The first kappa shape index (κ1) is 36.7. The lowest BCUT2D eigenvalue weighted by Crippen LogP contribution is -2.57. The predicted octanol–water partition coefficient (Wildman–Crippen LogP) is 7.93. The molecule has 2 bridgehead atoms. The van der Waals surface area contributed by atoms with Gasteiger partial charge in [-0.2, -0.15) is 28.4 Å². The van der Waals surface area contributed by atoms with E-state index in [2.05, 4.69) is 20.3 Å². The minimum Gasteiger partial charge on any atom is -0.454 e. The molecule has 2 aliphatic heterocycles. The molecule has 0 unspecified atom stereocenters. The summed E-state index contributed by atoms with van der Waals surface area (Å²) < 4.78 is 87.3. The Bertz CT molecular complexity index is 2110. The van der Waals surface area contributed by atoms with Crippen LogP contribution in [0.15, 0.2) is 18.3 Å². The summed E-state index contributed by atoms with van der Waals surface area (Å²) in [5.74, 6) is -1.81. The Labute approximate surface area is 298 Å². The van der Waals surface area contributed by atoms with Crippen molar-refractivity contribution in [3.8, 4) is 23.3 Å². The van der Waals surface area contributed by atoms with Crippen molar-refractivity contribution in [2.24, 2.45) is 0 Å². The molecule has 0 spiro atoms. The molecule has 6 rings (SSSR count). The van der Waals surface area contributed by atoms with Crippen molar-refractivity contribution < 1.29 is 45.8 Å². The number of nitrogens with zero attached hydrogens (tertiary/aromatic N) is 6. The minimum absolute atomic E-state index is 0.0391. The van der Waals surface area contributed by atoms with Crippen molar-refractivity contribution in [2.45, 2.75) is 83.8 Å². The van der Waals surface area contributed by atoms with Gasteiger partial charge in [0, 0.05) is 30.2 Å². The van der Waals surface area contributed by atoms with Gasteiger partial charge < -0.3 is 19.1 Å². The van der Waals surface area contributed by atoms with E-state index in [1.54, 1.807) is 51.3 Å². The van der Waals surface area contributed by atoms with Gasteiger partial charge in [0.15, 0.2) is 12.4 Å². The number of hydrogen-bond donors (Lipinski definition) is 1. The van der Waals surface area contributed by atoms with Crippen LogP contribution in [0, 0.1) is 23.0 Å². The third-order valence-electron chi connectivity index (χ3n) is 8.17. The third-order valence-corrected chi connectivity index (χ3v) is 9.28. The summed E-state index contributed by atoms with van der Waals surface area (Å²) >= 11 is 0.736. The molecule has 2 saturated heterocycles. The number of piperazine rings is 1. The normalized spacial score (nSPS) is 17.7. The number of rotatable bonds is 5. The number of anilines is 2. The van der Waals surface area contributed by atoms with Crippen molar-refractivity contribution in [2.75, 3.05) is 29.9 Å². The van der Waals surface area contributed by atoms with E-state index in [1.807, 2.05) is 6.07 Å². The predicted molar refractivity (Wildman–Crippen MR) is 181 cm³/mol. The van der Waals surface area contributed by atoms with Gasteiger partial charge in [0.2, 0.25) is 0 Å². The van der Waals surface area contributed by atoms with Crippen molar-refractivity contribution in [3.63, 3.8) is 0 Å². The summed E-state index contributed by atoms with van der Waals surface area (Å²) in [5, 5.41) is 12.5. The van der Waals surface area contributed by atoms with Crippen LogP contribution < -0.4 is 15.0 Å². The second-order valence-corrected chi connectivity index (χ2v) is 15.5. The molecule has 2 aliphatic rings. The number of carbonyl (C=O) groups is 2. The van der Waals surface area contributed by atoms with Crippen LogP contribution in [0.2, 0.25) is 0 Å². The van der Waals surface area contributed by atoms with E-state index in [4.69, 9.17) is 14.2 Å². The first-order chi connectivity index (χ1) is 24.2. The van der Waals surface area contributed by atoms with Crippen LogP contribution in [-0.4, -0.2) is 81.2 Å². The summed E-state index contributed by atoms with van der Waals surface area (Å²) in [6.45, 7) is 8.83. The zero-order chi connectivity index (χ0) is 37.9. The Morgan fingerprint density at radius 1 is 1.02 bits per heavy atom. The summed E-state index contributed by atoms with van der Waals surface area (Å²) in [6.07, 6.45) is -3.64. The van der Waals surface area contributed by atoms with E-state index in [9.17, 15) is 28.0 Å². The molecular weight excluding hydrogens is 713 g/mol. The molecule has 2 atom stereocenters. The fourth-order valence-corrected chi connectivity index (χ4v) is 7.38. The standard InChI is InChI=1S/C34H34F5N7O5S/c1-32(2,3)50-30(47)44-28-19(11-40)22-18(9-10-21(35)26(22)52-28)24-23(36)25-20(12-41-24)27(43-29(42-25)49-15-34(37,38)39)45-13-16-7-8-17(14-45)46(16)31(48)51-33(4,5)6/h9-10,12,16-17H,7-8,13-15H2,1-6H3,(H,44,47)/t16-,17+. The Kier molecular flexibility index (Phi) is 9.31. The van der Waals surface area contributed by atoms with Crippen molar-refractivity contribution in [3.05, 3.63) is 35.5 Å². The molecule has 1 aromatic carbocycles. The Balaban J connectivity index is 1.45. The average molecular weight is 748 g/mol. The van der Waals surface area contributed by atoms with Crippen LogP contribution in [-0.2, 0) is 9.47 Å². The van der Waals surface area contributed by atoms with Gasteiger partial charge in [-0.05, 0) is 66.5 Å². The smallest absolute Gasteiger partial charge is 0.422 e. The maximum absolute atomic E-state index is 16.7. The van der Waals surface area contributed by atoms with Crippen LogP contribution in [0.4, 0.5) is 42.4 Å². The number of nitriles is 1. The van der Waals surface area contributed by atoms with E-state index in [1.165, 1.54) is 12.3 Å². The van der Waals surface area contributed by atoms with Gasteiger partial charge in [0.25, 0.3) is 0 Å². The topological polar surface area (TPSA) is 143 Å². The number of thiophene rings is 1. The quantitative estimate of drug-likeness (QED) is 0.200. The van der Waals surface area contributed by atoms with E-state index < -0.39 is 65.0 Å². The second-order valence-electron chi connectivity index (χ2n) is 14.4. The maximum atomic E-state index is 16.7. The number of alkyl halides is 3. The number of benzene rings is 1. The number of halogens is 5. The van der Waals surface area contributed by atoms with Crippen LogP contribution >= 0.6 is 11.3 Å². The fourth-order valence-electron chi connectivity index (χ4n) is 6.31. The van der Waals surface area contributed by atoms with Gasteiger partial charge in [0.1, 0.15) is 45.1 Å². The van der Waals surface area contributed by atoms with E-state index >= 15 is 8.78 Å². The molecule has 12 nitrogen and oxygen atoms in total. The van der Waals surface area contributed by atoms with E-state index in [-0.39, 0.29) is 62.6 Å². The molecule has 2 amide bonds. The fraction of sp³-hybridized carbons (Fsp3) is 0.471. The van der Waals surface area contributed by atoms with Gasteiger partial charge in [0.05, 0.1) is 27.7 Å². The molecule has 52 heavy (non-hydrogen) atoms. The molecule has 18 heteroatoms. The highest BCUT2D eigenvalue weighted by Crippen LogP contribution is 2.44. The zero-order valence-corrected chi connectivity index (χ0v) is 29.8. The largest absolute Gasteiger partial charge is 0.454 e. The Morgan fingerprint density at radius 2 is 1.67 bits per heavy atom. The number of fused-ring (bicyclic) bond motifs is 4. The summed E-state index contributed by atoms with van der Waals surface area (Å²) in [6, 6.07) is 2.79. The molecule has 3 aromatic heterocycles. The number of aromatic nitrogens is 3.